The molecule has 1 heterocycles. The van der Waals surface area contributed by atoms with Gasteiger partial charge in [-0.15, -0.1) is 0 Å². The van der Waals surface area contributed by atoms with Gasteiger partial charge in [0, 0.05) is 19.8 Å². The molecule has 1 rings (SSSR count). The van der Waals surface area contributed by atoms with E-state index in [0.29, 0.717) is 5.69 Å². The number of aromatic nitrogens is 2. The number of aryl methyl sites for hydroxylation is 1. The normalized spacial score (nSPS) is 9.72. The summed E-state index contributed by atoms with van der Waals surface area (Å²) in [6, 6.07) is -0.659. The number of carbonyl (C=O) groups is 3. The summed E-state index contributed by atoms with van der Waals surface area (Å²) in [5.41, 5.74) is 0.914. The predicted octanol–water partition coefficient (Wildman–Crippen LogP) is -0.659. The SMILES string of the molecule is CNC(=O)NC(=O)COC(=O)c1cnn(C)c1C. The van der Waals surface area contributed by atoms with Crippen molar-refractivity contribution in [2.75, 3.05) is 13.7 Å². The van der Waals surface area contributed by atoms with Crippen molar-refractivity contribution in [3.63, 3.8) is 0 Å². The van der Waals surface area contributed by atoms with E-state index in [-0.39, 0.29) is 5.56 Å². The van der Waals surface area contributed by atoms with Gasteiger partial charge in [-0.2, -0.15) is 5.10 Å². The third-order valence-electron chi connectivity index (χ3n) is 2.27. The van der Waals surface area contributed by atoms with Crippen LogP contribution in [0, 0.1) is 6.92 Å². The highest BCUT2D eigenvalue weighted by atomic mass is 16.5. The van der Waals surface area contributed by atoms with Crippen LogP contribution in [-0.4, -0.2) is 41.3 Å². The molecule has 98 valence electrons. The largest absolute Gasteiger partial charge is 0.452 e. The number of carbonyl (C=O) groups excluding carboxylic acids is 3. The molecule has 0 aromatic carbocycles. The van der Waals surface area contributed by atoms with Crippen LogP contribution in [0.3, 0.4) is 0 Å². The fourth-order valence-corrected chi connectivity index (χ4v) is 1.13. The number of hydrogen-bond donors (Lipinski definition) is 2. The average molecular weight is 254 g/mol. The first kappa shape index (κ1) is 13.7. The van der Waals surface area contributed by atoms with Gasteiger partial charge in [-0.05, 0) is 6.92 Å². The van der Waals surface area contributed by atoms with E-state index in [1.807, 2.05) is 5.32 Å². The molecule has 1 aromatic heterocycles. The molecule has 8 nitrogen and oxygen atoms in total. The van der Waals surface area contributed by atoms with Gasteiger partial charge in [-0.3, -0.25) is 14.8 Å². The number of urea groups is 1. The van der Waals surface area contributed by atoms with Crippen molar-refractivity contribution in [1.82, 2.24) is 20.4 Å². The van der Waals surface area contributed by atoms with Crippen molar-refractivity contribution in [2.45, 2.75) is 6.92 Å². The van der Waals surface area contributed by atoms with Gasteiger partial charge in [0.2, 0.25) is 0 Å². The molecule has 0 aliphatic rings. The second kappa shape index (κ2) is 5.80. The number of hydrogen-bond acceptors (Lipinski definition) is 5. The number of nitrogens with one attached hydrogen (secondary N) is 2. The molecule has 8 heteroatoms. The zero-order valence-corrected chi connectivity index (χ0v) is 10.3. The van der Waals surface area contributed by atoms with E-state index in [1.165, 1.54) is 17.9 Å². The van der Waals surface area contributed by atoms with Crippen LogP contribution in [0.1, 0.15) is 16.1 Å². The first-order valence-corrected chi connectivity index (χ1v) is 5.13. The quantitative estimate of drug-likeness (QED) is 0.697. The van der Waals surface area contributed by atoms with Crippen LogP contribution in [0.4, 0.5) is 4.79 Å². The minimum atomic E-state index is -0.704. The Morgan fingerprint density at radius 2 is 2.11 bits per heavy atom. The number of nitrogens with zero attached hydrogens (tertiary/aromatic N) is 2. The van der Waals surface area contributed by atoms with Crippen LogP contribution in [0.15, 0.2) is 6.20 Å². The molecule has 0 spiro atoms. The maximum absolute atomic E-state index is 11.6. The molecule has 0 atom stereocenters. The molecular formula is C10H14N4O4. The summed E-state index contributed by atoms with van der Waals surface area (Å²) in [7, 11) is 3.05. The highest BCUT2D eigenvalue weighted by Gasteiger charge is 2.16. The summed E-state index contributed by atoms with van der Waals surface area (Å²) in [6.07, 6.45) is 1.36. The second-order valence-electron chi connectivity index (χ2n) is 3.47. The molecule has 2 N–H and O–H groups in total. The van der Waals surface area contributed by atoms with E-state index in [9.17, 15) is 14.4 Å². The lowest BCUT2D eigenvalue weighted by Crippen LogP contribution is -2.39. The Kier molecular flexibility index (Phi) is 4.41. The van der Waals surface area contributed by atoms with Crippen molar-refractivity contribution < 1.29 is 19.1 Å². The molecule has 0 aliphatic heterocycles. The molecule has 0 aliphatic carbocycles. The summed E-state index contributed by atoms with van der Waals surface area (Å²) < 4.78 is 6.26. The van der Waals surface area contributed by atoms with E-state index >= 15 is 0 Å². The highest BCUT2D eigenvalue weighted by molar-refractivity contribution is 5.97. The van der Waals surface area contributed by atoms with Crippen LogP contribution in [-0.2, 0) is 16.6 Å². The summed E-state index contributed by atoms with van der Waals surface area (Å²) in [4.78, 5) is 33.5. The topological polar surface area (TPSA) is 102 Å². The zero-order valence-electron chi connectivity index (χ0n) is 10.3. The maximum atomic E-state index is 11.6. The summed E-state index contributed by atoms with van der Waals surface area (Å²) in [6.45, 7) is 1.18. The first-order valence-electron chi connectivity index (χ1n) is 5.13. The Hall–Kier alpha value is -2.38. The van der Waals surface area contributed by atoms with Crippen molar-refractivity contribution >= 4 is 17.9 Å². The van der Waals surface area contributed by atoms with E-state index in [2.05, 4.69) is 10.4 Å². The molecule has 0 radical (unpaired) electrons. The third-order valence-corrected chi connectivity index (χ3v) is 2.27. The number of imide groups is 1. The van der Waals surface area contributed by atoms with Gasteiger partial charge in [0.05, 0.1) is 6.20 Å². The molecule has 0 saturated carbocycles. The van der Waals surface area contributed by atoms with E-state index < -0.39 is 24.5 Å². The standard InChI is InChI=1S/C10H14N4O4/c1-6-7(4-12-14(6)3)9(16)18-5-8(15)13-10(17)11-2/h4H,5H2,1-3H3,(H2,11,13,15,17). The van der Waals surface area contributed by atoms with Crippen molar-refractivity contribution in [3.8, 4) is 0 Å². The van der Waals surface area contributed by atoms with Crippen LogP contribution in [0.25, 0.3) is 0 Å². The van der Waals surface area contributed by atoms with Crippen LogP contribution in [0.5, 0.6) is 0 Å². The van der Waals surface area contributed by atoms with Crippen LogP contribution >= 0.6 is 0 Å². The Labute approximate surface area is 103 Å². The minimum Gasteiger partial charge on any atom is -0.452 e. The van der Waals surface area contributed by atoms with E-state index in [4.69, 9.17) is 4.74 Å². The predicted molar refractivity (Wildman–Crippen MR) is 60.8 cm³/mol. The lowest BCUT2D eigenvalue weighted by molar-refractivity contribution is -0.123. The molecule has 18 heavy (non-hydrogen) atoms. The maximum Gasteiger partial charge on any atom is 0.342 e. The van der Waals surface area contributed by atoms with Gasteiger partial charge in [-0.1, -0.05) is 0 Å². The monoisotopic (exact) mass is 254 g/mol. The summed E-state index contributed by atoms with van der Waals surface area (Å²) in [5, 5.41) is 8.05. The number of amides is 3. The number of ether oxygens (including phenoxy) is 1. The van der Waals surface area contributed by atoms with Gasteiger partial charge >= 0.3 is 12.0 Å². The molecule has 0 saturated heterocycles. The molecule has 1 aromatic rings. The fraction of sp³-hybridized carbons (Fsp3) is 0.400. The van der Waals surface area contributed by atoms with Crippen molar-refractivity contribution in [1.29, 1.82) is 0 Å². The van der Waals surface area contributed by atoms with Gasteiger partial charge in [0.25, 0.3) is 5.91 Å². The fourth-order valence-electron chi connectivity index (χ4n) is 1.13. The average Bonchev–Trinajstić information content (AvgIpc) is 2.67. The van der Waals surface area contributed by atoms with Crippen molar-refractivity contribution in [2.24, 2.45) is 7.05 Å². The smallest absolute Gasteiger partial charge is 0.342 e. The number of rotatable bonds is 3. The highest BCUT2D eigenvalue weighted by Crippen LogP contribution is 2.06. The molecule has 0 unspecified atom stereocenters. The lowest BCUT2D eigenvalue weighted by Gasteiger charge is -2.04. The van der Waals surface area contributed by atoms with E-state index in [1.54, 1.807) is 14.0 Å². The van der Waals surface area contributed by atoms with Crippen LogP contribution in [0.2, 0.25) is 0 Å². The molecule has 0 bridgehead atoms. The Morgan fingerprint density at radius 1 is 1.44 bits per heavy atom. The van der Waals surface area contributed by atoms with Gasteiger partial charge in [0.1, 0.15) is 5.56 Å². The van der Waals surface area contributed by atoms with Crippen molar-refractivity contribution in [3.05, 3.63) is 17.5 Å². The Bertz CT molecular complexity index is 480. The lowest BCUT2D eigenvalue weighted by atomic mass is 10.3. The molecular weight excluding hydrogens is 240 g/mol. The summed E-state index contributed by atoms with van der Waals surface area (Å²) in [5.74, 6) is -1.36. The third kappa shape index (κ3) is 3.30. The van der Waals surface area contributed by atoms with Crippen LogP contribution < -0.4 is 10.6 Å². The zero-order chi connectivity index (χ0) is 13.7. The first-order chi connectivity index (χ1) is 8.45. The van der Waals surface area contributed by atoms with Gasteiger partial charge < -0.3 is 10.1 Å². The molecule has 0 fully saturated rings. The Balaban J connectivity index is 2.49. The van der Waals surface area contributed by atoms with E-state index in [0.717, 1.165) is 0 Å². The molecule has 3 amide bonds. The Morgan fingerprint density at radius 3 is 2.61 bits per heavy atom. The van der Waals surface area contributed by atoms with Gasteiger partial charge in [-0.25, -0.2) is 9.59 Å². The minimum absolute atomic E-state index is 0.283. The summed E-state index contributed by atoms with van der Waals surface area (Å²) >= 11 is 0. The number of esters is 1. The van der Waals surface area contributed by atoms with Gasteiger partial charge in [0.15, 0.2) is 6.61 Å². The second-order valence-corrected chi connectivity index (χ2v) is 3.47.